The van der Waals surface area contributed by atoms with Crippen molar-refractivity contribution in [2.24, 2.45) is 5.92 Å². The fourth-order valence-corrected chi connectivity index (χ4v) is 2.08. The van der Waals surface area contributed by atoms with E-state index >= 15 is 0 Å². The van der Waals surface area contributed by atoms with Gasteiger partial charge in [0.25, 0.3) is 0 Å². The van der Waals surface area contributed by atoms with Crippen LogP contribution in [0.5, 0.6) is 5.75 Å². The number of benzene rings is 1. The topological polar surface area (TPSA) is 47.6 Å². The molecule has 4 heteroatoms. The normalized spacial score (nSPS) is 19.6. The Labute approximate surface area is 120 Å². The zero-order valence-electron chi connectivity index (χ0n) is 12.2. The molecule has 0 spiro atoms. The van der Waals surface area contributed by atoms with Gasteiger partial charge in [0.1, 0.15) is 12.4 Å². The molecule has 1 aliphatic rings. The lowest BCUT2D eigenvalue weighted by Crippen LogP contribution is -2.19. The van der Waals surface area contributed by atoms with Gasteiger partial charge in [-0.3, -0.25) is 4.79 Å². The summed E-state index contributed by atoms with van der Waals surface area (Å²) in [4.78, 5) is 11.8. The van der Waals surface area contributed by atoms with Crippen LogP contribution < -0.4 is 10.1 Å². The third kappa shape index (κ3) is 4.23. The van der Waals surface area contributed by atoms with E-state index in [1.165, 1.54) is 0 Å². The van der Waals surface area contributed by atoms with E-state index in [1.807, 2.05) is 38.1 Å². The summed E-state index contributed by atoms with van der Waals surface area (Å²) in [7, 11) is 0. The quantitative estimate of drug-likeness (QED) is 0.868. The SMILES string of the molecule is CCC(C)C(=O)Nc1cccc(OCC2CCCO2)c1. The Morgan fingerprint density at radius 1 is 1.55 bits per heavy atom. The molecular formula is C16H23NO3. The summed E-state index contributed by atoms with van der Waals surface area (Å²) >= 11 is 0. The lowest BCUT2D eigenvalue weighted by atomic mass is 10.1. The molecule has 1 amide bonds. The maximum atomic E-state index is 11.8. The fraction of sp³-hybridized carbons (Fsp3) is 0.562. The second kappa shape index (κ2) is 7.29. The van der Waals surface area contributed by atoms with Crippen molar-refractivity contribution in [1.29, 1.82) is 0 Å². The third-order valence-corrected chi connectivity index (χ3v) is 3.62. The highest BCUT2D eigenvalue weighted by atomic mass is 16.5. The number of anilines is 1. The summed E-state index contributed by atoms with van der Waals surface area (Å²) in [5.41, 5.74) is 0.778. The van der Waals surface area contributed by atoms with E-state index in [4.69, 9.17) is 9.47 Å². The van der Waals surface area contributed by atoms with Crippen LogP contribution in [0.3, 0.4) is 0 Å². The third-order valence-electron chi connectivity index (χ3n) is 3.62. The summed E-state index contributed by atoms with van der Waals surface area (Å²) < 4.78 is 11.2. The van der Waals surface area contributed by atoms with Crippen molar-refractivity contribution in [2.75, 3.05) is 18.5 Å². The Hall–Kier alpha value is -1.55. The number of rotatable bonds is 6. The van der Waals surface area contributed by atoms with Gasteiger partial charge in [-0.25, -0.2) is 0 Å². The molecule has 1 aromatic carbocycles. The fourth-order valence-electron chi connectivity index (χ4n) is 2.08. The molecule has 2 atom stereocenters. The van der Waals surface area contributed by atoms with Crippen molar-refractivity contribution in [3.8, 4) is 5.75 Å². The van der Waals surface area contributed by atoms with Crippen LogP contribution in [0.1, 0.15) is 33.1 Å². The predicted molar refractivity (Wildman–Crippen MR) is 79.0 cm³/mol. The molecule has 2 rings (SSSR count). The highest BCUT2D eigenvalue weighted by Crippen LogP contribution is 2.20. The Morgan fingerprint density at radius 3 is 3.10 bits per heavy atom. The van der Waals surface area contributed by atoms with E-state index in [0.29, 0.717) is 6.61 Å². The summed E-state index contributed by atoms with van der Waals surface area (Å²) in [5.74, 6) is 0.831. The van der Waals surface area contributed by atoms with Crippen LogP contribution in [0.4, 0.5) is 5.69 Å². The van der Waals surface area contributed by atoms with E-state index in [2.05, 4.69) is 5.32 Å². The number of amides is 1. The van der Waals surface area contributed by atoms with Gasteiger partial charge in [0.05, 0.1) is 6.10 Å². The molecule has 0 radical (unpaired) electrons. The van der Waals surface area contributed by atoms with E-state index in [0.717, 1.165) is 37.3 Å². The molecule has 1 N–H and O–H groups in total. The van der Waals surface area contributed by atoms with E-state index < -0.39 is 0 Å². The molecule has 1 saturated heterocycles. The average molecular weight is 277 g/mol. The number of hydrogen-bond donors (Lipinski definition) is 1. The molecule has 110 valence electrons. The number of nitrogens with one attached hydrogen (secondary N) is 1. The number of carbonyl (C=O) groups is 1. The lowest BCUT2D eigenvalue weighted by molar-refractivity contribution is -0.119. The van der Waals surface area contributed by atoms with Gasteiger partial charge < -0.3 is 14.8 Å². The summed E-state index contributed by atoms with van der Waals surface area (Å²) in [5, 5.41) is 2.91. The summed E-state index contributed by atoms with van der Waals surface area (Å²) in [6, 6.07) is 7.51. The standard InChI is InChI=1S/C16H23NO3/c1-3-12(2)16(18)17-13-6-4-7-14(10-13)20-11-15-8-5-9-19-15/h4,6-7,10,12,15H,3,5,8-9,11H2,1-2H3,(H,17,18). The molecule has 1 aromatic rings. The van der Waals surface area contributed by atoms with Gasteiger partial charge in [0.2, 0.25) is 5.91 Å². The van der Waals surface area contributed by atoms with Gasteiger partial charge in [0, 0.05) is 24.3 Å². The van der Waals surface area contributed by atoms with E-state index in [-0.39, 0.29) is 17.9 Å². The Kier molecular flexibility index (Phi) is 5.41. The zero-order valence-corrected chi connectivity index (χ0v) is 12.2. The van der Waals surface area contributed by atoms with Gasteiger partial charge >= 0.3 is 0 Å². The molecule has 0 aromatic heterocycles. The largest absolute Gasteiger partial charge is 0.491 e. The molecule has 0 bridgehead atoms. The minimum Gasteiger partial charge on any atom is -0.491 e. The molecule has 0 saturated carbocycles. The van der Waals surface area contributed by atoms with Crippen molar-refractivity contribution in [3.63, 3.8) is 0 Å². The van der Waals surface area contributed by atoms with Crippen molar-refractivity contribution in [1.82, 2.24) is 0 Å². The van der Waals surface area contributed by atoms with Crippen LogP contribution in [0.25, 0.3) is 0 Å². The minimum atomic E-state index is 0.0199. The highest BCUT2D eigenvalue weighted by molar-refractivity contribution is 5.92. The Morgan fingerprint density at radius 2 is 2.40 bits per heavy atom. The molecule has 1 aliphatic heterocycles. The molecule has 20 heavy (non-hydrogen) atoms. The first kappa shape index (κ1) is 14.9. The number of ether oxygens (including phenoxy) is 2. The zero-order chi connectivity index (χ0) is 14.4. The second-order valence-electron chi connectivity index (χ2n) is 5.27. The lowest BCUT2D eigenvalue weighted by Gasteiger charge is -2.13. The first-order valence-corrected chi connectivity index (χ1v) is 7.34. The monoisotopic (exact) mass is 277 g/mol. The molecule has 4 nitrogen and oxygen atoms in total. The van der Waals surface area contributed by atoms with Crippen molar-refractivity contribution >= 4 is 11.6 Å². The van der Waals surface area contributed by atoms with E-state index in [1.54, 1.807) is 0 Å². The summed E-state index contributed by atoms with van der Waals surface area (Å²) in [6.07, 6.45) is 3.21. The second-order valence-corrected chi connectivity index (χ2v) is 5.27. The molecule has 1 fully saturated rings. The van der Waals surface area contributed by atoms with Gasteiger partial charge in [-0.05, 0) is 31.4 Å². The maximum absolute atomic E-state index is 11.8. The van der Waals surface area contributed by atoms with Crippen molar-refractivity contribution < 1.29 is 14.3 Å². The van der Waals surface area contributed by atoms with Crippen molar-refractivity contribution in [2.45, 2.75) is 39.2 Å². The first-order chi connectivity index (χ1) is 9.69. The average Bonchev–Trinajstić information content (AvgIpc) is 2.98. The summed E-state index contributed by atoms with van der Waals surface area (Å²) in [6.45, 7) is 5.33. The number of hydrogen-bond acceptors (Lipinski definition) is 3. The smallest absolute Gasteiger partial charge is 0.227 e. The van der Waals surface area contributed by atoms with Gasteiger partial charge in [-0.1, -0.05) is 19.9 Å². The first-order valence-electron chi connectivity index (χ1n) is 7.34. The maximum Gasteiger partial charge on any atom is 0.227 e. The van der Waals surface area contributed by atoms with E-state index in [9.17, 15) is 4.79 Å². The van der Waals surface area contributed by atoms with Crippen LogP contribution in [-0.2, 0) is 9.53 Å². The van der Waals surface area contributed by atoms with Crippen LogP contribution in [-0.4, -0.2) is 25.2 Å². The Bertz CT molecular complexity index is 441. The van der Waals surface area contributed by atoms with Gasteiger partial charge in [-0.15, -0.1) is 0 Å². The molecule has 1 heterocycles. The molecular weight excluding hydrogens is 254 g/mol. The Balaban J connectivity index is 1.88. The van der Waals surface area contributed by atoms with Crippen LogP contribution in [0.15, 0.2) is 24.3 Å². The molecule has 2 unspecified atom stereocenters. The van der Waals surface area contributed by atoms with Crippen LogP contribution >= 0.6 is 0 Å². The number of carbonyl (C=O) groups excluding carboxylic acids is 1. The predicted octanol–water partition coefficient (Wildman–Crippen LogP) is 3.23. The van der Waals surface area contributed by atoms with Crippen LogP contribution in [0.2, 0.25) is 0 Å². The highest BCUT2D eigenvalue weighted by Gasteiger charge is 2.16. The van der Waals surface area contributed by atoms with Gasteiger partial charge in [0.15, 0.2) is 0 Å². The molecule has 0 aliphatic carbocycles. The van der Waals surface area contributed by atoms with Crippen molar-refractivity contribution in [3.05, 3.63) is 24.3 Å². The van der Waals surface area contributed by atoms with Crippen LogP contribution in [0, 0.1) is 5.92 Å². The minimum absolute atomic E-state index is 0.0199. The van der Waals surface area contributed by atoms with Gasteiger partial charge in [-0.2, -0.15) is 0 Å².